The minimum Gasteiger partial charge on any atom is -0.458 e. The summed E-state index contributed by atoms with van der Waals surface area (Å²) >= 11 is 0. The van der Waals surface area contributed by atoms with Gasteiger partial charge in [0, 0.05) is 16.9 Å². The average Bonchev–Trinajstić information content (AvgIpc) is 3.22. The highest BCUT2D eigenvalue weighted by atomic mass is 16.5. The topological polar surface area (TPSA) is 87.0 Å². The first-order chi connectivity index (χ1) is 13.3. The number of aliphatic hydroxyl groups is 3. The van der Waals surface area contributed by atoms with Crippen LogP contribution in [0.25, 0.3) is 0 Å². The monoisotopic (exact) mass is 388 g/mol. The molecule has 3 N–H and O–H groups in total. The molecule has 5 aliphatic rings. The zero-order valence-electron chi connectivity index (χ0n) is 16.7. The fraction of sp³-hybridized carbons (Fsp3) is 0.783. The summed E-state index contributed by atoms with van der Waals surface area (Å²) in [5.74, 6) is 0.363. The van der Waals surface area contributed by atoms with Crippen molar-refractivity contribution in [3.63, 3.8) is 0 Å². The number of hydrogen-bond acceptors (Lipinski definition) is 5. The Kier molecular flexibility index (Phi) is 4.15. The normalized spacial score (nSPS) is 50.2. The van der Waals surface area contributed by atoms with Crippen LogP contribution in [0.5, 0.6) is 0 Å². The lowest BCUT2D eigenvalue weighted by Crippen LogP contribution is -2.62. The molecular formula is C23H32O5. The summed E-state index contributed by atoms with van der Waals surface area (Å²) < 4.78 is 5.18. The Morgan fingerprint density at radius 3 is 2.68 bits per heavy atom. The minimum absolute atomic E-state index is 0.108. The molecule has 0 aromatic carbocycles. The maximum absolute atomic E-state index is 12.1. The molecule has 3 fully saturated rings. The van der Waals surface area contributed by atoms with Gasteiger partial charge in [-0.05, 0) is 74.7 Å². The number of rotatable bonds is 2. The molecule has 0 amide bonds. The van der Waals surface area contributed by atoms with E-state index in [1.165, 1.54) is 5.57 Å². The Hall–Kier alpha value is -1.17. The maximum Gasteiger partial charge on any atom is 0.331 e. The number of aliphatic hydroxyl groups excluding tert-OH is 2. The summed E-state index contributed by atoms with van der Waals surface area (Å²) in [7, 11) is 0. The number of carbonyl (C=O) groups is 1. The van der Waals surface area contributed by atoms with E-state index in [-0.39, 0.29) is 41.2 Å². The molecule has 0 saturated heterocycles. The van der Waals surface area contributed by atoms with Crippen LogP contribution < -0.4 is 0 Å². The van der Waals surface area contributed by atoms with Crippen LogP contribution in [-0.2, 0) is 9.53 Å². The zero-order chi connectivity index (χ0) is 19.7. The molecule has 0 bridgehead atoms. The fourth-order valence-corrected chi connectivity index (χ4v) is 7.96. The van der Waals surface area contributed by atoms with Gasteiger partial charge in [0.25, 0.3) is 0 Å². The van der Waals surface area contributed by atoms with Crippen molar-refractivity contribution in [2.75, 3.05) is 13.2 Å². The molecule has 5 rings (SSSR count). The van der Waals surface area contributed by atoms with E-state index in [2.05, 4.69) is 6.92 Å². The molecule has 5 heteroatoms. The lowest BCUT2D eigenvalue weighted by atomic mass is 9.44. The standard InChI is InChI=1S/C23H32O5/c1-21-7-5-18-19(3-2-15-11-16(25)4-8-22(15,18)13-24)23(21,27)9-6-17(21)14-10-20(26)28-12-14/h10-11,16-19,24-25,27H,2-9,12-13H2,1H3/t16-,17?,18?,19?,21+,22+,23-/m0/s1. The predicted molar refractivity (Wildman–Crippen MR) is 103 cm³/mol. The second-order valence-electron chi connectivity index (χ2n) is 10.2. The second-order valence-corrected chi connectivity index (χ2v) is 10.2. The number of carbonyl (C=O) groups excluding carboxylic acids is 1. The van der Waals surface area contributed by atoms with Crippen LogP contribution in [0.4, 0.5) is 0 Å². The van der Waals surface area contributed by atoms with Crippen LogP contribution in [0, 0.1) is 28.6 Å². The molecule has 28 heavy (non-hydrogen) atoms. The molecule has 4 aliphatic carbocycles. The fourth-order valence-electron chi connectivity index (χ4n) is 7.96. The Balaban J connectivity index is 1.51. The number of hydrogen-bond donors (Lipinski definition) is 3. The van der Waals surface area contributed by atoms with E-state index in [9.17, 15) is 20.1 Å². The van der Waals surface area contributed by atoms with E-state index < -0.39 is 11.7 Å². The number of cyclic esters (lactones) is 1. The molecule has 7 atom stereocenters. The largest absolute Gasteiger partial charge is 0.458 e. The number of esters is 1. The average molecular weight is 389 g/mol. The predicted octanol–water partition coefficient (Wildman–Crippen LogP) is 2.50. The van der Waals surface area contributed by atoms with Gasteiger partial charge in [0.2, 0.25) is 0 Å². The molecular weight excluding hydrogens is 356 g/mol. The highest BCUT2D eigenvalue weighted by molar-refractivity contribution is 5.85. The van der Waals surface area contributed by atoms with Crippen LogP contribution in [0.1, 0.15) is 58.3 Å². The summed E-state index contributed by atoms with van der Waals surface area (Å²) in [4.78, 5) is 11.6. The van der Waals surface area contributed by atoms with Crippen molar-refractivity contribution in [3.8, 4) is 0 Å². The van der Waals surface area contributed by atoms with Crippen LogP contribution in [-0.4, -0.2) is 46.2 Å². The Bertz CT molecular complexity index is 756. The summed E-state index contributed by atoms with van der Waals surface area (Å²) in [6.07, 6.45) is 10.0. The van der Waals surface area contributed by atoms with E-state index in [0.717, 1.165) is 50.5 Å². The third-order valence-electron chi connectivity index (χ3n) is 9.41. The van der Waals surface area contributed by atoms with Crippen molar-refractivity contribution in [3.05, 3.63) is 23.3 Å². The maximum atomic E-state index is 12.1. The molecule has 1 heterocycles. The van der Waals surface area contributed by atoms with Crippen LogP contribution in [0.2, 0.25) is 0 Å². The van der Waals surface area contributed by atoms with Crippen molar-refractivity contribution in [1.82, 2.24) is 0 Å². The lowest BCUT2D eigenvalue weighted by molar-refractivity contribution is -0.188. The van der Waals surface area contributed by atoms with Gasteiger partial charge in [0.15, 0.2) is 0 Å². The van der Waals surface area contributed by atoms with Gasteiger partial charge in [-0.1, -0.05) is 18.6 Å². The van der Waals surface area contributed by atoms with Gasteiger partial charge >= 0.3 is 5.97 Å². The van der Waals surface area contributed by atoms with Crippen LogP contribution >= 0.6 is 0 Å². The van der Waals surface area contributed by atoms with Crippen molar-refractivity contribution in [1.29, 1.82) is 0 Å². The smallest absolute Gasteiger partial charge is 0.331 e. The minimum atomic E-state index is -0.767. The van der Waals surface area contributed by atoms with Crippen molar-refractivity contribution in [2.24, 2.45) is 28.6 Å². The Morgan fingerprint density at radius 2 is 1.96 bits per heavy atom. The van der Waals surface area contributed by atoms with Gasteiger partial charge in [-0.2, -0.15) is 0 Å². The van der Waals surface area contributed by atoms with E-state index in [4.69, 9.17) is 4.74 Å². The molecule has 1 aliphatic heterocycles. The van der Waals surface area contributed by atoms with Crippen molar-refractivity contribution < 1.29 is 24.9 Å². The highest BCUT2D eigenvalue weighted by Gasteiger charge is 2.67. The lowest BCUT2D eigenvalue weighted by Gasteiger charge is -2.62. The summed E-state index contributed by atoms with van der Waals surface area (Å²) in [5.41, 5.74) is 0.977. The quantitative estimate of drug-likeness (QED) is 0.500. The number of ether oxygens (including phenoxy) is 1. The van der Waals surface area contributed by atoms with E-state index >= 15 is 0 Å². The molecule has 3 unspecified atom stereocenters. The third kappa shape index (κ3) is 2.27. The van der Waals surface area contributed by atoms with Crippen molar-refractivity contribution >= 4 is 5.97 Å². The van der Waals surface area contributed by atoms with E-state index in [0.29, 0.717) is 13.0 Å². The van der Waals surface area contributed by atoms with Crippen molar-refractivity contribution in [2.45, 2.75) is 70.0 Å². The molecule has 3 saturated carbocycles. The SMILES string of the molecule is C[C@]12CCC3C(CCC4=C[C@@H](O)CC[C@@]43CO)[C@@]1(O)CCC2C1=CC(=O)OC1. The van der Waals surface area contributed by atoms with E-state index in [1.54, 1.807) is 6.08 Å². The van der Waals surface area contributed by atoms with Gasteiger partial charge in [0.1, 0.15) is 6.61 Å². The molecule has 0 spiro atoms. The summed E-state index contributed by atoms with van der Waals surface area (Å²) in [5, 5.41) is 32.7. The van der Waals surface area contributed by atoms with Gasteiger partial charge in [-0.15, -0.1) is 0 Å². The van der Waals surface area contributed by atoms with E-state index in [1.807, 2.05) is 6.08 Å². The molecule has 154 valence electrons. The first-order valence-corrected chi connectivity index (χ1v) is 10.9. The van der Waals surface area contributed by atoms with Crippen LogP contribution in [0.3, 0.4) is 0 Å². The molecule has 0 aromatic heterocycles. The van der Waals surface area contributed by atoms with Gasteiger partial charge in [0.05, 0.1) is 18.3 Å². The highest BCUT2D eigenvalue weighted by Crippen LogP contribution is 2.69. The van der Waals surface area contributed by atoms with Gasteiger partial charge < -0.3 is 20.1 Å². The molecule has 5 nitrogen and oxygen atoms in total. The van der Waals surface area contributed by atoms with Gasteiger partial charge in [-0.3, -0.25) is 0 Å². The summed E-state index contributed by atoms with van der Waals surface area (Å²) in [6.45, 7) is 2.69. The summed E-state index contributed by atoms with van der Waals surface area (Å²) in [6, 6.07) is 0. The molecule has 0 radical (unpaired) electrons. The zero-order valence-corrected chi connectivity index (χ0v) is 16.7. The first-order valence-electron chi connectivity index (χ1n) is 10.9. The number of fused-ring (bicyclic) bond motifs is 5. The third-order valence-corrected chi connectivity index (χ3v) is 9.41. The van der Waals surface area contributed by atoms with Crippen LogP contribution in [0.15, 0.2) is 23.3 Å². The first kappa shape index (κ1) is 18.8. The Labute approximate surface area is 166 Å². The molecule has 0 aromatic rings. The van der Waals surface area contributed by atoms with Gasteiger partial charge in [-0.25, -0.2) is 4.79 Å². The Morgan fingerprint density at radius 1 is 1.14 bits per heavy atom. The second kappa shape index (κ2) is 6.16.